The van der Waals surface area contributed by atoms with Crippen LogP contribution in [0.15, 0.2) is 52.3 Å². The van der Waals surface area contributed by atoms with E-state index >= 15 is 0 Å². The zero-order valence-electron chi connectivity index (χ0n) is 24.2. The maximum absolute atomic E-state index is 14.0. The Bertz CT molecular complexity index is 1340. The second-order valence-corrected chi connectivity index (χ2v) is 15.1. The first-order valence-corrected chi connectivity index (χ1v) is 17.3. The van der Waals surface area contributed by atoms with Gasteiger partial charge < -0.3 is 9.47 Å². The van der Waals surface area contributed by atoms with Crippen LogP contribution in [-0.4, -0.2) is 58.8 Å². The van der Waals surface area contributed by atoms with Gasteiger partial charge in [0.05, 0.1) is 24.0 Å². The molecule has 40 heavy (non-hydrogen) atoms. The molecule has 2 aromatic carbocycles. The normalized spacial score (nSPS) is 22.8. The largest absolute Gasteiger partial charge is 0.493 e. The number of ether oxygens (including phenoxy) is 2. The number of nitrogens with zero attached hydrogens (tertiary/aromatic N) is 2. The zero-order valence-corrected chi connectivity index (χ0v) is 25.8. The predicted molar refractivity (Wildman–Crippen MR) is 157 cm³/mol. The lowest BCUT2D eigenvalue weighted by molar-refractivity contribution is 0.233. The molecule has 4 rings (SSSR count). The number of sulfonamides is 2. The van der Waals surface area contributed by atoms with E-state index in [0.717, 1.165) is 50.5 Å². The Kier molecular flexibility index (Phi) is 10.2. The van der Waals surface area contributed by atoms with E-state index in [9.17, 15) is 16.8 Å². The minimum Gasteiger partial charge on any atom is -0.493 e. The summed E-state index contributed by atoms with van der Waals surface area (Å²) in [6, 6.07) is 11.2. The molecule has 1 aliphatic carbocycles. The van der Waals surface area contributed by atoms with Crippen molar-refractivity contribution in [2.45, 2.75) is 87.6 Å². The summed E-state index contributed by atoms with van der Waals surface area (Å²) in [5.41, 5.74) is 0.792. The topological polar surface area (TPSA) is 93.2 Å². The van der Waals surface area contributed by atoms with E-state index in [0.29, 0.717) is 30.5 Å². The number of hydrogen-bond donors (Lipinski definition) is 0. The van der Waals surface area contributed by atoms with Gasteiger partial charge in [-0.15, -0.1) is 0 Å². The average molecular weight is 593 g/mol. The molecule has 222 valence electrons. The molecular weight excluding hydrogens is 548 g/mol. The molecule has 1 heterocycles. The van der Waals surface area contributed by atoms with Crippen LogP contribution in [0.5, 0.6) is 11.5 Å². The van der Waals surface area contributed by atoms with Crippen LogP contribution in [0.1, 0.15) is 70.8 Å². The predicted octanol–water partition coefficient (Wildman–Crippen LogP) is 5.67. The van der Waals surface area contributed by atoms with Gasteiger partial charge in [0, 0.05) is 25.7 Å². The molecule has 0 amide bonds. The summed E-state index contributed by atoms with van der Waals surface area (Å²) in [5, 5.41) is 0. The fourth-order valence-electron chi connectivity index (χ4n) is 6.21. The van der Waals surface area contributed by atoms with Crippen LogP contribution in [0.25, 0.3) is 0 Å². The molecule has 8 nitrogen and oxygen atoms in total. The maximum Gasteiger partial charge on any atom is 0.243 e. The van der Waals surface area contributed by atoms with E-state index in [2.05, 4.69) is 6.92 Å². The number of rotatable bonds is 11. The molecule has 0 N–H and O–H groups in total. The van der Waals surface area contributed by atoms with Gasteiger partial charge in [-0.25, -0.2) is 16.8 Å². The van der Waals surface area contributed by atoms with Crippen molar-refractivity contribution in [2.24, 2.45) is 11.8 Å². The van der Waals surface area contributed by atoms with E-state index in [1.807, 2.05) is 19.1 Å². The highest BCUT2D eigenvalue weighted by atomic mass is 32.2. The van der Waals surface area contributed by atoms with Gasteiger partial charge >= 0.3 is 0 Å². The van der Waals surface area contributed by atoms with Crippen LogP contribution < -0.4 is 9.47 Å². The van der Waals surface area contributed by atoms with Gasteiger partial charge in [0.25, 0.3) is 0 Å². The molecule has 1 saturated carbocycles. The van der Waals surface area contributed by atoms with Crippen LogP contribution in [0.4, 0.5) is 0 Å². The Morgan fingerprint density at radius 2 is 1.57 bits per heavy atom. The molecule has 3 atom stereocenters. The van der Waals surface area contributed by atoms with Crippen molar-refractivity contribution in [2.75, 3.05) is 27.3 Å². The third-order valence-corrected chi connectivity index (χ3v) is 12.2. The quantitative estimate of drug-likeness (QED) is 0.334. The smallest absolute Gasteiger partial charge is 0.243 e. The van der Waals surface area contributed by atoms with Crippen LogP contribution in [0.2, 0.25) is 0 Å². The van der Waals surface area contributed by atoms with Gasteiger partial charge in [-0.3, -0.25) is 0 Å². The maximum atomic E-state index is 14.0. The Balaban J connectivity index is 1.63. The summed E-state index contributed by atoms with van der Waals surface area (Å²) in [4.78, 5) is 0.237. The highest BCUT2D eigenvalue weighted by Gasteiger charge is 2.34. The molecule has 3 unspecified atom stereocenters. The van der Waals surface area contributed by atoms with E-state index in [1.165, 1.54) is 35.0 Å². The van der Waals surface area contributed by atoms with E-state index in [4.69, 9.17) is 9.47 Å². The van der Waals surface area contributed by atoms with Crippen LogP contribution in [0.3, 0.4) is 0 Å². The first-order chi connectivity index (χ1) is 19.1. The third kappa shape index (κ3) is 6.83. The summed E-state index contributed by atoms with van der Waals surface area (Å²) in [7, 11) is -4.48. The summed E-state index contributed by atoms with van der Waals surface area (Å²) < 4.78 is 68.9. The summed E-state index contributed by atoms with van der Waals surface area (Å²) >= 11 is 0. The average Bonchev–Trinajstić information content (AvgIpc) is 2.96. The molecule has 0 radical (unpaired) electrons. The molecule has 1 aliphatic heterocycles. The lowest BCUT2D eigenvalue weighted by atomic mass is 9.82. The summed E-state index contributed by atoms with van der Waals surface area (Å²) in [5.74, 6) is 1.96. The van der Waals surface area contributed by atoms with Gasteiger partial charge in [0.2, 0.25) is 20.0 Å². The Labute approximate surface area is 240 Å². The van der Waals surface area contributed by atoms with Crippen molar-refractivity contribution in [3.05, 3.63) is 48.0 Å². The van der Waals surface area contributed by atoms with Crippen molar-refractivity contribution in [1.29, 1.82) is 0 Å². The lowest BCUT2D eigenvalue weighted by Gasteiger charge is -2.34. The molecule has 2 fully saturated rings. The highest BCUT2D eigenvalue weighted by Crippen LogP contribution is 2.34. The van der Waals surface area contributed by atoms with E-state index < -0.39 is 20.0 Å². The van der Waals surface area contributed by atoms with Gasteiger partial charge in [0.15, 0.2) is 11.5 Å². The molecule has 2 aliphatic rings. The van der Waals surface area contributed by atoms with E-state index in [1.54, 1.807) is 24.6 Å². The molecule has 0 bridgehead atoms. The molecule has 2 aromatic rings. The SMILES string of the molecule is CCC1CCCCN1S(=O)(=O)c1ccc(S(=O)(=O)N(Cc2ccc(OC)c(OC)c2)CC2CCCC(C)C2)cc1. The second kappa shape index (κ2) is 13.2. The summed E-state index contributed by atoms with van der Waals surface area (Å²) in [6.07, 6.45) is 7.73. The Morgan fingerprint density at radius 1 is 0.875 bits per heavy atom. The van der Waals surface area contributed by atoms with E-state index in [-0.39, 0.29) is 28.3 Å². The van der Waals surface area contributed by atoms with Gasteiger partial charge in [-0.2, -0.15) is 8.61 Å². The molecular formula is C30H44N2O6S2. The Morgan fingerprint density at radius 3 is 2.23 bits per heavy atom. The zero-order chi connectivity index (χ0) is 28.9. The van der Waals surface area contributed by atoms with Gasteiger partial charge in [0.1, 0.15) is 0 Å². The first kappa shape index (κ1) is 30.8. The van der Waals surface area contributed by atoms with Crippen molar-refractivity contribution in [1.82, 2.24) is 8.61 Å². The fraction of sp³-hybridized carbons (Fsp3) is 0.600. The van der Waals surface area contributed by atoms with Crippen LogP contribution in [-0.2, 0) is 26.6 Å². The number of piperidine rings is 1. The van der Waals surface area contributed by atoms with Crippen molar-refractivity contribution < 1.29 is 26.3 Å². The van der Waals surface area contributed by atoms with Crippen molar-refractivity contribution >= 4 is 20.0 Å². The van der Waals surface area contributed by atoms with Crippen LogP contribution >= 0.6 is 0 Å². The van der Waals surface area contributed by atoms with Gasteiger partial charge in [-0.05, 0) is 85.9 Å². The summed E-state index contributed by atoms with van der Waals surface area (Å²) in [6.45, 7) is 5.32. The molecule has 0 aromatic heterocycles. The number of methoxy groups -OCH3 is 2. The number of benzene rings is 2. The minimum absolute atomic E-state index is 0.0166. The molecule has 0 spiro atoms. The molecule has 10 heteroatoms. The van der Waals surface area contributed by atoms with Crippen molar-refractivity contribution in [3.63, 3.8) is 0 Å². The Hall–Kier alpha value is -2.14. The molecule has 1 saturated heterocycles. The second-order valence-electron chi connectivity index (χ2n) is 11.3. The van der Waals surface area contributed by atoms with Gasteiger partial charge in [-0.1, -0.05) is 39.2 Å². The first-order valence-electron chi connectivity index (χ1n) is 14.4. The van der Waals surface area contributed by atoms with Crippen molar-refractivity contribution in [3.8, 4) is 11.5 Å². The van der Waals surface area contributed by atoms with Crippen LogP contribution in [0, 0.1) is 11.8 Å². The lowest BCUT2D eigenvalue weighted by Crippen LogP contribution is -2.43. The highest BCUT2D eigenvalue weighted by molar-refractivity contribution is 7.89. The third-order valence-electron chi connectivity index (χ3n) is 8.43. The minimum atomic E-state index is -3.90. The number of hydrogen-bond acceptors (Lipinski definition) is 6. The standard InChI is InChI=1S/C30H44N2O6S2/c1-5-26-11-6-7-18-32(26)40(35,36)28-15-13-27(14-16-28)39(33,34)31(21-24-10-8-9-23(2)19-24)22-25-12-17-29(37-3)30(20-25)38-4/h12-17,20,23-24,26H,5-11,18-19,21-22H2,1-4H3. The fourth-order valence-corrected chi connectivity index (χ4v) is 9.48. The monoisotopic (exact) mass is 592 g/mol.